The molecule has 0 aromatic heterocycles. The Balaban J connectivity index is 0.000000226. The van der Waals surface area contributed by atoms with Gasteiger partial charge in [-0.3, -0.25) is 0 Å². The van der Waals surface area contributed by atoms with Crippen LogP contribution in [0, 0.1) is 0 Å². The number of nitrogens with zero attached hydrogens (tertiary/aromatic N) is 1. The van der Waals surface area contributed by atoms with Crippen LogP contribution in [0.25, 0.3) is 22.3 Å². The molecule has 0 heterocycles. The summed E-state index contributed by atoms with van der Waals surface area (Å²) in [6.07, 6.45) is -0.958. The first-order valence-electron chi connectivity index (χ1n) is 18.6. The summed E-state index contributed by atoms with van der Waals surface area (Å²) < 4.78 is 15.7. The molecule has 14 nitrogen and oxygen atoms in total. The minimum Gasteiger partial charge on any atom is -0.479 e. The van der Waals surface area contributed by atoms with E-state index in [4.69, 9.17) is 14.2 Å². The molecular weight excluding hydrogens is 745 g/mol. The molecule has 0 radical (unpaired) electrons. The highest BCUT2D eigenvalue weighted by Crippen LogP contribution is 2.45. The van der Waals surface area contributed by atoms with Crippen LogP contribution in [-0.4, -0.2) is 103 Å². The molecule has 2 atom stereocenters. The van der Waals surface area contributed by atoms with Gasteiger partial charge in [-0.2, -0.15) is 0 Å². The predicted octanol–water partition coefficient (Wildman–Crippen LogP) is 6.21. The van der Waals surface area contributed by atoms with Gasteiger partial charge in [-0.15, -0.1) is 0 Å². The van der Waals surface area contributed by atoms with Gasteiger partial charge < -0.3 is 45.3 Å². The third-order valence-electron chi connectivity index (χ3n) is 10.1. The number of rotatable bonds is 14. The van der Waals surface area contributed by atoms with Gasteiger partial charge in [0.15, 0.2) is 5.54 Å². The molecular formula is C44H48N4O10. The van der Waals surface area contributed by atoms with Crippen molar-refractivity contribution in [1.29, 1.82) is 0 Å². The van der Waals surface area contributed by atoms with Gasteiger partial charge in [0.25, 0.3) is 0 Å². The Hall–Kier alpha value is -6.67. The monoisotopic (exact) mass is 792 g/mol. The zero-order valence-electron chi connectivity index (χ0n) is 32.8. The number of hydrogen-bond acceptors (Lipinski definition) is 9. The smallest absolute Gasteiger partial charge is 0.409 e. The van der Waals surface area contributed by atoms with E-state index in [2.05, 4.69) is 34.7 Å². The Morgan fingerprint density at radius 3 is 1.36 bits per heavy atom. The van der Waals surface area contributed by atoms with Crippen molar-refractivity contribution in [3.05, 3.63) is 132 Å². The maximum atomic E-state index is 12.5. The van der Waals surface area contributed by atoms with Crippen LogP contribution < -0.4 is 16.0 Å². The summed E-state index contributed by atoms with van der Waals surface area (Å²) in [4.78, 5) is 61.0. The Morgan fingerprint density at radius 2 is 1.02 bits per heavy atom. The average Bonchev–Trinajstić information content (AvgIpc) is 3.70. The van der Waals surface area contributed by atoms with Crippen molar-refractivity contribution in [3.63, 3.8) is 0 Å². The van der Waals surface area contributed by atoms with Crippen LogP contribution in [0.5, 0.6) is 0 Å². The molecule has 304 valence electrons. The number of nitrogens with one attached hydrogen (secondary N) is 3. The molecule has 0 bridgehead atoms. The molecule has 0 spiro atoms. The van der Waals surface area contributed by atoms with E-state index < -0.39 is 41.3 Å². The molecule has 0 aliphatic heterocycles. The molecule has 5 N–H and O–H groups in total. The van der Waals surface area contributed by atoms with Crippen LogP contribution in [0.4, 0.5) is 14.4 Å². The molecule has 0 unspecified atom stereocenters. The van der Waals surface area contributed by atoms with E-state index in [0.29, 0.717) is 0 Å². The first kappa shape index (κ1) is 42.5. The van der Waals surface area contributed by atoms with Crippen molar-refractivity contribution in [3.8, 4) is 22.3 Å². The van der Waals surface area contributed by atoms with E-state index in [1.807, 2.05) is 84.9 Å². The number of carboxylic acids is 2. The van der Waals surface area contributed by atoms with Gasteiger partial charge >= 0.3 is 30.2 Å². The fourth-order valence-electron chi connectivity index (χ4n) is 7.19. The first-order chi connectivity index (χ1) is 27.7. The summed E-state index contributed by atoms with van der Waals surface area (Å²) >= 11 is 0. The van der Waals surface area contributed by atoms with E-state index in [9.17, 15) is 34.2 Å². The van der Waals surface area contributed by atoms with Crippen LogP contribution in [0.3, 0.4) is 0 Å². The summed E-state index contributed by atoms with van der Waals surface area (Å²) in [5.74, 6) is -2.65. The zero-order chi connectivity index (χ0) is 42.0. The quantitative estimate of drug-likeness (QED) is 0.0720. The van der Waals surface area contributed by atoms with Crippen molar-refractivity contribution < 1.29 is 48.4 Å². The lowest BCUT2D eigenvalue weighted by molar-refractivity contribution is -0.145. The standard InChI is InChI=1S/C24H26N2O6.C20H22N2O4/c1-4-13-31-23(30)26(3)15-24(2,21(27)28)25-22(29)32-14-20-18-11-7-5-9-16(18)17-10-6-8-12-19(17)20;1-20(12-21-2,18(23)24)22-19(25)26-11-17-15-9-5-3-7-13(15)14-8-4-6-10-16(14)17/h4-12,20H,1,13-15H2,2-3H3,(H,25,29)(H,27,28);3-10,17,21H,11-12H2,1-2H3,(H,22,25)(H,23,24)/t24-;20-/m00/s1. The summed E-state index contributed by atoms with van der Waals surface area (Å²) in [5.41, 5.74) is 5.57. The second-order valence-electron chi connectivity index (χ2n) is 14.4. The maximum absolute atomic E-state index is 12.5. The summed E-state index contributed by atoms with van der Waals surface area (Å²) in [5, 5.41) is 26.6. The molecule has 6 rings (SSSR count). The zero-order valence-corrected chi connectivity index (χ0v) is 32.8. The lowest BCUT2D eigenvalue weighted by atomic mass is 9.98. The van der Waals surface area contributed by atoms with Gasteiger partial charge in [0, 0.05) is 25.4 Å². The molecule has 4 aromatic carbocycles. The Bertz CT molecular complexity index is 2080. The lowest BCUT2D eigenvalue weighted by Crippen LogP contribution is -2.59. The minimum absolute atomic E-state index is 0.00718. The second kappa shape index (κ2) is 18.5. The van der Waals surface area contributed by atoms with Crippen LogP contribution in [0.2, 0.25) is 0 Å². The largest absolute Gasteiger partial charge is 0.479 e. The number of ether oxygens (including phenoxy) is 3. The number of fused-ring (bicyclic) bond motifs is 6. The molecule has 0 fully saturated rings. The number of amides is 3. The number of likely N-dealkylation sites (N-methyl/N-ethyl adjacent to an activating group) is 2. The average molecular weight is 793 g/mol. The Morgan fingerprint density at radius 1 is 0.655 bits per heavy atom. The number of benzene rings is 4. The third-order valence-corrected chi connectivity index (χ3v) is 10.1. The van der Waals surface area contributed by atoms with Gasteiger partial charge in [-0.05, 0) is 65.4 Å². The number of carboxylic acid groups (broad SMARTS) is 2. The van der Waals surface area contributed by atoms with Crippen molar-refractivity contribution in [2.75, 3.05) is 47.0 Å². The van der Waals surface area contributed by atoms with E-state index in [-0.39, 0.29) is 44.7 Å². The first-order valence-corrected chi connectivity index (χ1v) is 18.6. The van der Waals surface area contributed by atoms with Crippen LogP contribution >= 0.6 is 0 Å². The molecule has 2 aliphatic rings. The van der Waals surface area contributed by atoms with Crippen LogP contribution in [-0.2, 0) is 23.8 Å². The normalized spacial score (nSPS) is 14.3. The van der Waals surface area contributed by atoms with E-state index in [1.165, 1.54) is 27.0 Å². The molecule has 58 heavy (non-hydrogen) atoms. The SMILES string of the molecule is C=CCOC(=O)N(C)C[C@](C)(NC(=O)OCC1c2ccccc2-c2ccccc21)C(=O)O.CNC[C@](C)(NC(=O)OCC1c2ccccc2-c2ccccc21)C(=O)O. The lowest BCUT2D eigenvalue weighted by Gasteiger charge is -2.30. The van der Waals surface area contributed by atoms with Crippen molar-refractivity contribution >= 4 is 30.2 Å². The third kappa shape index (κ3) is 9.47. The molecule has 3 amide bonds. The molecule has 0 saturated heterocycles. The van der Waals surface area contributed by atoms with Gasteiger partial charge in [0.05, 0.1) is 6.54 Å². The number of carbonyl (C=O) groups is 5. The highest BCUT2D eigenvalue weighted by atomic mass is 16.6. The van der Waals surface area contributed by atoms with Gasteiger partial charge in [0.2, 0.25) is 0 Å². The summed E-state index contributed by atoms with van der Waals surface area (Å²) in [6.45, 7) is 6.15. The predicted molar refractivity (Wildman–Crippen MR) is 217 cm³/mol. The molecule has 0 saturated carbocycles. The highest BCUT2D eigenvalue weighted by molar-refractivity contribution is 5.86. The maximum Gasteiger partial charge on any atom is 0.409 e. The number of carbonyl (C=O) groups excluding carboxylic acids is 3. The Kier molecular flexibility index (Phi) is 13.6. The molecule has 2 aliphatic carbocycles. The fraction of sp³-hybridized carbons (Fsp3) is 0.295. The second-order valence-corrected chi connectivity index (χ2v) is 14.4. The minimum atomic E-state index is -1.77. The van der Waals surface area contributed by atoms with E-state index in [0.717, 1.165) is 49.4 Å². The van der Waals surface area contributed by atoms with E-state index >= 15 is 0 Å². The van der Waals surface area contributed by atoms with Crippen molar-refractivity contribution in [2.24, 2.45) is 0 Å². The summed E-state index contributed by atoms with van der Waals surface area (Å²) in [7, 11) is 3.01. The van der Waals surface area contributed by atoms with Crippen LogP contribution in [0.1, 0.15) is 47.9 Å². The highest BCUT2D eigenvalue weighted by Gasteiger charge is 2.39. The molecule has 4 aromatic rings. The number of alkyl carbamates (subject to hydrolysis) is 2. The number of aliphatic carboxylic acids is 2. The Labute approximate surface area is 336 Å². The van der Waals surface area contributed by atoms with Crippen molar-refractivity contribution in [2.45, 2.75) is 36.8 Å². The van der Waals surface area contributed by atoms with Crippen LogP contribution in [0.15, 0.2) is 110 Å². The van der Waals surface area contributed by atoms with Gasteiger partial charge in [0.1, 0.15) is 25.4 Å². The van der Waals surface area contributed by atoms with Gasteiger partial charge in [-0.1, -0.05) is 110 Å². The number of hydrogen-bond donors (Lipinski definition) is 5. The van der Waals surface area contributed by atoms with E-state index in [1.54, 1.807) is 7.05 Å². The fourth-order valence-corrected chi connectivity index (χ4v) is 7.19. The van der Waals surface area contributed by atoms with Gasteiger partial charge in [-0.25, -0.2) is 24.0 Å². The topological polar surface area (TPSA) is 193 Å². The van der Waals surface area contributed by atoms with Crippen molar-refractivity contribution in [1.82, 2.24) is 20.9 Å². The molecule has 14 heteroatoms. The summed E-state index contributed by atoms with van der Waals surface area (Å²) in [6, 6.07) is 31.9.